The molecule has 4 atom stereocenters. The highest BCUT2D eigenvalue weighted by Gasteiger charge is 2.31. The molecule has 0 bridgehead atoms. The second-order valence-electron chi connectivity index (χ2n) is 5.00. The van der Waals surface area contributed by atoms with Crippen molar-refractivity contribution >= 4 is 23.1 Å². The van der Waals surface area contributed by atoms with Gasteiger partial charge in [0.25, 0.3) is 0 Å². The van der Waals surface area contributed by atoms with Crippen molar-refractivity contribution in [3.05, 3.63) is 21.9 Å². The maximum Gasteiger partial charge on any atom is 0.0666 e. The number of aryl methyl sites for hydroxylation is 1. The van der Waals surface area contributed by atoms with Crippen molar-refractivity contribution in [1.29, 1.82) is 0 Å². The van der Waals surface area contributed by atoms with E-state index in [1.54, 1.807) is 0 Å². The van der Waals surface area contributed by atoms with Crippen molar-refractivity contribution in [3.63, 3.8) is 0 Å². The minimum absolute atomic E-state index is 0.236. The van der Waals surface area contributed by atoms with E-state index in [-0.39, 0.29) is 6.04 Å². The fourth-order valence-electron chi connectivity index (χ4n) is 2.33. The molecule has 2 rings (SSSR count). The van der Waals surface area contributed by atoms with Gasteiger partial charge in [0.05, 0.1) is 11.4 Å². The maximum atomic E-state index is 6.35. The predicted octanol–water partition coefficient (Wildman–Crippen LogP) is 3.75. The van der Waals surface area contributed by atoms with Crippen LogP contribution in [0.3, 0.4) is 0 Å². The highest BCUT2D eigenvalue weighted by Crippen LogP contribution is 2.43. The molecule has 0 amide bonds. The van der Waals surface area contributed by atoms with E-state index in [9.17, 15) is 0 Å². The number of ether oxygens (including phenoxy) is 1. The Hall–Kier alpha value is -0.0300. The first-order valence-corrected chi connectivity index (χ1v) is 8.52. The van der Waals surface area contributed by atoms with Gasteiger partial charge in [0.15, 0.2) is 0 Å². The average Bonchev–Trinajstić information content (AvgIpc) is 2.95. The summed E-state index contributed by atoms with van der Waals surface area (Å²) in [5.74, 6) is 0. The van der Waals surface area contributed by atoms with E-state index >= 15 is 0 Å². The molecule has 2 nitrogen and oxygen atoms in total. The molecule has 4 heteroatoms. The van der Waals surface area contributed by atoms with Crippen molar-refractivity contribution in [2.45, 2.75) is 56.3 Å². The first-order chi connectivity index (χ1) is 8.63. The lowest BCUT2D eigenvalue weighted by molar-refractivity contribution is 0.127. The second-order valence-corrected chi connectivity index (χ2v) is 7.33. The summed E-state index contributed by atoms with van der Waals surface area (Å²) >= 11 is 3.87. The van der Waals surface area contributed by atoms with Crippen LogP contribution in [0.2, 0.25) is 0 Å². The minimum Gasteiger partial charge on any atom is -0.377 e. The second kappa shape index (κ2) is 6.42. The molecular formula is C14H23NOS2. The molecule has 1 aromatic rings. The number of thioether (sulfide) groups is 1. The van der Waals surface area contributed by atoms with Crippen molar-refractivity contribution < 1.29 is 4.74 Å². The number of rotatable bonds is 5. The van der Waals surface area contributed by atoms with Gasteiger partial charge < -0.3 is 10.5 Å². The van der Waals surface area contributed by atoms with Crippen LogP contribution in [0.4, 0.5) is 0 Å². The van der Waals surface area contributed by atoms with Gasteiger partial charge in [-0.25, -0.2) is 0 Å². The molecule has 0 radical (unpaired) electrons. The molecule has 0 saturated carbocycles. The van der Waals surface area contributed by atoms with Gasteiger partial charge in [-0.3, -0.25) is 0 Å². The van der Waals surface area contributed by atoms with Crippen LogP contribution in [0.25, 0.3) is 0 Å². The first kappa shape index (κ1) is 14.4. The SMILES string of the molecule is CCC(N)C(SC1CCOC1C)c1sccc1C. The van der Waals surface area contributed by atoms with E-state index in [4.69, 9.17) is 10.5 Å². The number of hydrogen-bond acceptors (Lipinski definition) is 4. The third kappa shape index (κ3) is 3.10. The lowest BCUT2D eigenvalue weighted by Crippen LogP contribution is -2.28. The summed E-state index contributed by atoms with van der Waals surface area (Å²) in [6.07, 6.45) is 2.54. The quantitative estimate of drug-likeness (QED) is 0.895. The van der Waals surface area contributed by atoms with Crippen LogP contribution in [-0.2, 0) is 4.74 Å². The third-order valence-electron chi connectivity index (χ3n) is 3.65. The van der Waals surface area contributed by atoms with Gasteiger partial charge in [0.1, 0.15) is 0 Å². The molecule has 0 aliphatic carbocycles. The highest BCUT2D eigenvalue weighted by atomic mass is 32.2. The Morgan fingerprint density at radius 1 is 1.61 bits per heavy atom. The van der Waals surface area contributed by atoms with Gasteiger partial charge in [-0.1, -0.05) is 6.92 Å². The van der Waals surface area contributed by atoms with Gasteiger partial charge in [0, 0.05) is 22.8 Å². The zero-order valence-electron chi connectivity index (χ0n) is 11.4. The molecule has 2 heterocycles. The van der Waals surface area contributed by atoms with Gasteiger partial charge >= 0.3 is 0 Å². The molecule has 0 spiro atoms. The van der Waals surface area contributed by atoms with E-state index in [1.165, 1.54) is 10.4 Å². The van der Waals surface area contributed by atoms with Gasteiger partial charge in [-0.15, -0.1) is 23.1 Å². The van der Waals surface area contributed by atoms with Crippen LogP contribution in [-0.4, -0.2) is 24.0 Å². The molecule has 18 heavy (non-hydrogen) atoms. The summed E-state index contributed by atoms with van der Waals surface area (Å²) in [7, 11) is 0. The average molecular weight is 285 g/mol. The normalized spacial score (nSPS) is 27.3. The molecule has 4 unspecified atom stereocenters. The van der Waals surface area contributed by atoms with E-state index < -0.39 is 0 Å². The van der Waals surface area contributed by atoms with Crippen LogP contribution in [0, 0.1) is 6.92 Å². The first-order valence-electron chi connectivity index (χ1n) is 6.70. The molecule has 2 N–H and O–H groups in total. The fourth-order valence-corrected chi connectivity index (χ4v) is 5.25. The predicted molar refractivity (Wildman–Crippen MR) is 81.5 cm³/mol. The van der Waals surface area contributed by atoms with Crippen LogP contribution in [0.5, 0.6) is 0 Å². The van der Waals surface area contributed by atoms with E-state index in [1.807, 2.05) is 23.1 Å². The Balaban J connectivity index is 2.13. The van der Waals surface area contributed by atoms with Crippen molar-refractivity contribution in [1.82, 2.24) is 0 Å². The summed E-state index contributed by atoms with van der Waals surface area (Å²) in [4.78, 5) is 1.45. The van der Waals surface area contributed by atoms with Crippen molar-refractivity contribution in [3.8, 4) is 0 Å². The number of nitrogens with two attached hydrogens (primary N) is 1. The summed E-state index contributed by atoms with van der Waals surface area (Å²) in [6, 6.07) is 2.44. The lowest BCUT2D eigenvalue weighted by atomic mass is 10.1. The molecule has 102 valence electrons. The largest absolute Gasteiger partial charge is 0.377 e. The summed E-state index contributed by atoms with van der Waals surface area (Å²) < 4.78 is 5.67. The Bertz CT molecular complexity index is 380. The van der Waals surface area contributed by atoms with Gasteiger partial charge in [-0.05, 0) is 43.7 Å². The van der Waals surface area contributed by atoms with Crippen LogP contribution in [0.1, 0.15) is 42.4 Å². The number of hydrogen-bond donors (Lipinski definition) is 1. The third-order valence-corrected chi connectivity index (χ3v) is 6.75. The van der Waals surface area contributed by atoms with Gasteiger partial charge in [-0.2, -0.15) is 0 Å². The zero-order valence-corrected chi connectivity index (χ0v) is 13.0. The highest BCUT2D eigenvalue weighted by molar-refractivity contribution is 8.00. The van der Waals surface area contributed by atoms with Crippen LogP contribution in [0.15, 0.2) is 11.4 Å². The van der Waals surface area contributed by atoms with Crippen LogP contribution < -0.4 is 5.73 Å². The Labute approximate surface area is 118 Å². The zero-order chi connectivity index (χ0) is 13.1. The fraction of sp³-hybridized carbons (Fsp3) is 0.714. The van der Waals surface area contributed by atoms with E-state index in [0.717, 1.165) is 19.4 Å². The Kier molecular flexibility index (Phi) is 5.13. The Morgan fingerprint density at radius 3 is 2.89 bits per heavy atom. The molecule has 0 aromatic carbocycles. The van der Waals surface area contributed by atoms with Gasteiger partial charge in [0.2, 0.25) is 0 Å². The molecule has 1 aliphatic heterocycles. The standard InChI is InChI=1S/C14H23NOS2/c1-4-11(15)14(13-9(2)6-8-17-13)18-12-5-7-16-10(12)3/h6,8,10-12,14H,4-5,7,15H2,1-3H3. The molecule has 1 aromatic heterocycles. The van der Waals surface area contributed by atoms with Crippen LogP contribution >= 0.6 is 23.1 Å². The monoisotopic (exact) mass is 285 g/mol. The smallest absolute Gasteiger partial charge is 0.0666 e. The summed E-state index contributed by atoms with van der Waals surface area (Å²) in [5.41, 5.74) is 7.73. The summed E-state index contributed by atoms with van der Waals surface area (Å²) in [6.45, 7) is 7.45. The maximum absolute atomic E-state index is 6.35. The minimum atomic E-state index is 0.236. The van der Waals surface area contributed by atoms with Crippen molar-refractivity contribution in [2.24, 2.45) is 5.73 Å². The molecule has 1 saturated heterocycles. The summed E-state index contributed by atoms with van der Waals surface area (Å²) in [5, 5.41) is 3.19. The molecule has 1 aliphatic rings. The van der Waals surface area contributed by atoms with E-state index in [0.29, 0.717) is 16.6 Å². The topological polar surface area (TPSA) is 35.2 Å². The lowest BCUT2D eigenvalue weighted by Gasteiger charge is -2.26. The van der Waals surface area contributed by atoms with Crippen molar-refractivity contribution in [2.75, 3.05) is 6.61 Å². The number of thiophene rings is 1. The van der Waals surface area contributed by atoms with E-state index in [2.05, 4.69) is 32.2 Å². The molecule has 1 fully saturated rings. The molecular weight excluding hydrogens is 262 g/mol. The Morgan fingerprint density at radius 2 is 2.39 bits per heavy atom.